The molecule has 1 amide bonds. The average Bonchev–Trinajstić information content (AvgIpc) is 3.10. The molecule has 0 unspecified atom stereocenters. The van der Waals surface area contributed by atoms with Crippen LogP contribution in [0, 0.1) is 6.92 Å². The Bertz CT molecular complexity index is 811. The first-order valence-electron chi connectivity index (χ1n) is 6.85. The quantitative estimate of drug-likeness (QED) is 0.701. The fourth-order valence-corrected chi connectivity index (χ4v) is 3.47. The van der Waals surface area contributed by atoms with Crippen LogP contribution in [-0.4, -0.2) is 31.8 Å². The van der Waals surface area contributed by atoms with Crippen LogP contribution in [-0.2, 0) is 11.2 Å². The molecule has 0 aliphatic carbocycles. The van der Waals surface area contributed by atoms with Gasteiger partial charge in [0, 0.05) is 6.42 Å². The number of thioether (sulfide) groups is 1. The molecule has 3 aromatic rings. The zero-order valence-electron chi connectivity index (χ0n) is 12.2. The molecule has 0 aliphatic rings. The third kappa shape index (κ3) is 3.45. The molecular formula is C14H15N5OS2. The molecule has 114 valence electrons. The van der Waals surface area contributed by atoms with Gasteiger partial charge in [-0.15, -0.1) is 5.10 Å². The second-order valence-corrected chi connectivity index (χ2v) is 6.72. The fourth-order valence-electron chi connectivity index (χ4n) is 1.87. The number of amides is 1. The zero-order chi connectivity index (χ0) is 15.5. The van der Waals surface area contributed by atoms with Gasteiger partial charge < -0.3 is 5.32 Å². The summed E-state index contributed by atoms with van der Waals surface area (Å²) in [7, 11) is 0. The Balaban J connectivity index is 1.60. The van der Waals surface area contributed by atoms with Gasteiger partial charge in [0.05, 0.1) is 16.0 Å². The van der Waals surface area contributed by atoms with Gasteiger partial charge in [-0.1, -0.05) is 36.1 Å². The summed E-state index contributed by atoms with van der Waals surface area (Å²) in [4.78, 5) is 20.6. The zero-order valence-corrected chi connectivity index (χ0v) is 13.8. The number of carbonyl (C=O) groups is 1. The number of anilines is 1. The Kier molecular flexibility index (Phi) is 4.39. The average molecular weight is 333 g/mol. The van der Waals surface area contributed by atoms with Gasteiger partial charge in [0.2, 0.25) is 11.1 Å². The van der Waals surface area contributed by atoms with Crippen molar-refractivity contribution >= 4 is 44.4 Å². The smallest absolute Gasteiger partial charge is 0.236 e. The highest BCUT2D eigenvalue weighted by Crippen LogP contribution is 2.26. The van der Waals surface area contributed by atoms with Crippen LogP contribution < -0.4 is 5.32 Å². The third-order valence-corrected chi connectivity index (χ3v) is 4.75. The number of aryl methyl sites for hydroxylation is 2. The monoisotopic (exact) mass is 333 g/mol. The molecule has 0 bridgehead atoms. The SMILES string of the molecule is CCc1nc(SCC(=O)Nc2nc3ccc(C)cc3s2)n[nH]1. The van der Waals surface area contributed by atoms with Crippen LogP contribution in [0.1, 0.15) is 18.3 Å². The van der Waals surface area contributed by atoms with E-state index in [1.807, 2.05) is 26.0 Å². The number of aromatic nitrogens is 4. The molecule has 2 heterocycles. The lowest BCUT2D eigenvalue weighted by Crippen LogP contribution is -2.13. The maximum absolute atomic E-state index is 12.0. The van der Waals surface area contributed by atoms with Crippen LogP contribution in [0.25, 0.3) is 10.2 Å². The first kappa shape index (κ1) is 15.0. The lowest BCUT2D eigenvalue weighted by molar-refractivity contribution is -0.113. The van der Waals surface area contributed by atoms with E-state index in [-0.39, 0.29) is 11.7 Å². The van der Waals surface area contributed by atoms with Gasteiger partial charge in [-0.25, -0.2) is 9.97 Å². The number of benzene rings is 1. The summed E-state index contributed by atoms with van der Waals surface area (Å²) in [6.07, 6.45) is 0.797. The second-order valence-electron chi connectivity index (χ2n) is 4.75. The van der Waals surface area contributed by atoms with Gasteiger partial charge in [-0.3, -0.25) is 9.89 Å². The largest absolute Gasteiger partial charge is 0.301 e. The topological polar surface area (TPSA) is 83.6 Å². The predicted molar refractivity (Wildman–Crippen MR) is 89.5 cm³/mol. The van der Waals surface area contributed by atoms with Gasteiger partial charge in [0.25, 0.3) is 0 Å². The van der Waals surface area contributed by atoms with E-state index in [0.29, 0.717) is 10.3 Å². The van der Waals surface area contributed by atoms with Crippen LogP contribution in [0.3, 0.4) is 0 Å². The molecule has 22 heavy (non-hydrogen) atoms. The number of nitrogens with one attached hydrogen (secondary N) is 2. The van der Waals surface area contributed by atoms with Crippen LogP contribution in [0.5, 0.6) is 0 Å². The molecule has 0 saturated carbocycles. The Morgan fingerprint density at radius 1 is 1.41 bits per heavy atom. The van der Waals surface area contributed by atoms with Crippen LogP contribution in [0.2, 0.25) is 0 Å². The number of hydrogen-bond donors (Lipinski definition) is 2. The van der Waals surface area contributed by atoms with E-state index in [9.17, 15) is 4.79 Å². The van der Waals surface area contributed by atoms with Crippen LogP contribution in [0.15, 0.2) is 23.4 Å². The van der Waals surface area contributed by atoms with Crippen molar-refractivity contribution in [3.8, 4) is 0 Å². The van der Waals surface area contributed by atoms with Gasteiger partial charge in [-0.2, -0.15) is 0 Å². The molecule has 0 atom stereocenters. The minimum absolute atomic E-state index is 0.108. The number of H-pyrrole nitrogens is 1. The lowest BCUT2D eigenvalue weighted by Gasteiger charge is -1.98. The van der Waals surface area contributed by atoms with Crippen molar-refractivity contribution in [1.29, 1.82) is 0 Å². The number of carbonyl (C=O) groups excluding carboxylic acids is 1. The fraction of sp³-hybridized carbons (Fsp3) is 0.286. The Labute approximate surface area is 135 Å². The van der Waals surface area contributed by atoms with Crippen molar-refractivity contribution in [2.75, 3.05) is 11.1 Å². The molecule has 8 heteroatoms. The van der Waals surface area contributed by atoms with Crippen molar-refractivity contribution in [2.24, 2.45) is 0 Å². The van der Waals surface area contributed by atoms with Crippen molar-refractivity contribution in [3.05, 3.63) is 29.6 Å². The van der Waals surface area contributed by atoms with Crippen LogP contribution in [0.4, 0.5) is 5.13 Å². The lowest BCUT2D eigenvalue weighted by atomic mass is 10.2. The maximum Gasteiger partial charge on any atom is 0.236 e. The highest BCUT2D eigenvalue weighted by atomic mass is 32.2. The Morgan fingerprint density at radius 2 is 2.27 bits per heavy atom. The summed E-state index contributed by atoms with van der Waals surface area (Å²) < 4.78 is 1.07. The highest BCUT2D eigenvalue weighted by Gasteiger charge is 2.10. The van der Waals surface area contributed by atoms with Gasteiger partial charge in [-0.05, 0) is 24.6 Å². The molecule has 2 N–H and O–H groups in total. The summed E-state index contributed by atoms with van der Waals surface area (Å²) in [5.74, 6) is 0.976. The van der Waals surface area contributed by atoms with E-state index >= 15 is 0 Å². The van der Waals surface area contributed by atoms with E-state index < -0.39 is 0 Å². The highest BCUT2D eigenvalue weighted by molar-refractivity contribution is 7.99. The second kappa shape index (κ2) is 6.45. The maximum atomic E-state index is 12.0. The molecule has 0 radical (unpaired) electrons. The van der Waals surface area contributed by atoms with Crippen molar-refractivity contribution in [2.45, 2.75) is 25.4 Å². The molecule has 0 aliphatic heterocycles. The van der Waals surface area contributed by atoms with E-state index in [1.165, 1.54) is 28.7 Å². The van der Waals surface area contributed by atoms with Crippen molar-refractivity contribution < 1.29 is 4.79 Å². The number of nitrogens with zero attached hydrogens (tertiary/aromatic N) is 3. The molecule has 6 nitrogen and oxygen atoms in total. The molecular weight excluding hydrogens is 318 g/mol. The summed E-state index contributed by atoms with van der Waals surface area (Å²) in [6, 6.07) is 6.04. The normalized spacial score (nSPS) is 11.0. The third-order valence-electron chi connectivity index (χ3n) is 2.97. The van der Waals surface area contributed by atoms with E-state index in [0.717, 1.165) is 22.5 Å². The summed E-state index contributed by atoms with van der Waals surface area (Å²) in [5, 5.41) is 10.9. The molecule has 2 aromatic heterocycles. The Hall–Kier alpha value is -1.93. The van der Waals surface area contributed by atoms with E-state index in [4.69, 9.17) is 0 Å². The number of aromatic amines is 1. The minimum atomic E-state index is -0.108. The van der Waals surface area contributed by atoms with Crippen molar-refractivity contribution in [1.82, 2.24) is 20.2 Å². The van der Waals surface area contributed by atoms with Gasteiger partial charge >= 0.3 is 0 Å². The summed E-state index contributed by atoms with van der Waals surface area (Å²) in [6.45, 7) is 4.03. The first-order valence-corrected chi connectivity index (χ1v) is 8.65. The number of hydrogen-bond acceptors (Lipinski definition) is 6. The van der Waals surface area contributed by atoms with E-state index in [1.54, 1.807) is 0 Å². The minimum Gasteiger partial charge on any atom is -0.301 e. The van der Waals surface area contributed by atoms with Crippen molar-refractivity contribution in [3.63, 3.8) is 0 Å². The van der Waals surface area contributed by atoms with Gasteiger partial charge in [0.1, 0.15) is 5.82 Å². The van der Waals surface area contributed by atoms with Gasteiger partial charge in [0.15, 0.2) is 5.13 Å². The number of thiazole rings is 1. The van der Waals surface area contributed by atoms with Crippen LogP contribution >= 0.6 is 23.1 Å². The standard InChI is InChI=1S/C14H15N5OS2/c1-3-11-16-14(19-18-11)21-7-12(20)17-13-15-9-5-4-8(2)6-10(9)22-13/h4-6H,3,7H2,1-2H3,(H,15,17,20)(H,16,18,19). The summed E-state index contributed by atoms with van der Waals surface area (Å²) >= 11 is 2.78. The number of rotatable bonds is 5. The summed E-state index contributed by atoms with van der Waals surface area (Å²) in [5.41, 5.74) is 2.08. The molecule has 0 spiro atoms. The molecule has 1 aromatic carbocycles. The molecule has 3 rings (SSSR count). The molecule has 0 saturated heterocycles. The predicted octanol–water partition coefficient (Wildman–Crippen LogP) is 3.02. The first-order chi connectivity index (χ1) is 10.6. The molecule has 0 fully saturated rings. The van der Waals surface area contributed by atoms with E-state index in [2.05, 4.69) is 31.5 Å². The Morgan fingerprint density at radius 3 is 3.05 bits per heavy atom. The number of fused-ring (bicyclic) bond motifs is 1.